The molecule has 1 aromatic carbocycles. The molecule has 0 aliphatic heterocycles. The van der Waals surface area contributed by atoms with Crippen molar-refractivity contribution in [3.05, 3.63) is 36.4 Å². The molecule has 0 amide bonds. The van der Waals surface area contributed by atoms with Gasteiger partial charge in [0.2, 0.25) is 10.0 Å². The fourth-order valence-corrected chi connectivity index (χ4v) is 2.85. The average Bonchev–Trinajstić information content (AvgIpc) is 2.35. The summed E-state index contributed by atoms with van der Waals surface area (Å²) in [5, 5.41) is 0. The number of benzene rings is 1. The van der Waals surface area contributed by atoms with Gasteiger partial charge in [-0.25, -0.2) is 8.42 Å². The van der Waals surface area contributed by atoms with Gasteiger partial charge in [0.05, 0.1) is 11.6 Å². The third kappa shape index (κ3) is 4.70. The number of amidine groups is 1. The Labute approximate surface area is 121 Å². The van der Waals surface area contributed by atoms with E-state index < -0.39 is 10.0 Å². The minimum Gasteiger partial charge on any atom is -0.334 e. The van der Waals surface area contributed by atoms with E-state index >= 15 is 0 Å². The van der Waals surface area contributed by atoms with E-state index in [0.29, 0.717) is 11.3 Å². The van der Waals surface area contributed by atoms with E-state index in [9.17, 15) is 8.42 Å². The minimum absolute atomic E-state index is 0.0732. The molecule has 6 heteroatoms. The number of nitrogens with one attached hydrogen (secondary N) is 1. The van der Waals surface area contributed by atoms with Gasteiger partial charge in [0.25, 0.3) is 0 Å². The van der Waals surface area contributed by atoms with E-state index in [-0.39, 0.29) is 5.75 Å². The Balaban J connectivity index is 2.85. The van der Waals surface area contributed by atoms with Crippen LogP contribution in [0.3, 0.4) is 0 Å². The molecule has 0 aliphatic rings. The molecule has 5 nitrogen and oxygen atoms in total. The van der Waals surface area contributed by atoms with Gasteiger partial charge in [0, 0.05) is 25.5 Å². The van der Waals surface area contributed by atoms with Crippen LogP contribution in [0.4, 0.5) is 11.4 Å². The standard InChI is InChI=1S/C14H21N3O2S/c1-11(2)10-20(18,19)16-13-6-8-14(9-7-13)17(5)12(3)15-4/h6-9,16H,1,10H2,2-5H3. The minimum atomic E-state index is -3.37. The highest BCUT2D eigenvalue weighted by Gasteiger charge is 2.11. The van der Waals surface area contributed by atoms with Gasteiger partial charge < -0.3 is 4.90 Å². The average molecular weight is 295 g/mol. The SMILES string of the molecule is C=C(C)CS(=O)(=O)Nc1ccc(N(C)C(C)=NC)cc1. The van der Waals surface area contributed by atoms with Crippen molar-refractivity contribution in [2.45, 2.75) is 13.8 Å². The van der Waals surface area contributed by atoms with Crippen molar-refractivity contribution < 1.29 is 8.42 Å². The van der Waals surface area contributed by atoms with Gasteiger partial charge in [-0.05, 0) is 38.1 Å². The predicted molar refractivity (Wildman–Crippen MR) is 86.1 cm³/mol. The summed E-state index contributed by atoms with van der Waals surface area (Å²) in [6.07, 6.45) is 0. The van der Waals surface area contributed by atoms with Crippen LogP contribution in [-0.4, -0.2) is 34.1 Å². The molecular formula is C14H21N3O2S. The second kappa shape index (κ2) is 6.56. The summed E-state index contributed by atoms with van der Waals surface area (Å²) in [5.41, 5.74) is 2.08. The summed E-state index contributed by atoms with van der Waals surface area (Å²) in [7, 11) is 0.259. The number of hydrogen-bond acceptors (Lipinski definition) is 3. The van der Waals surface area contributed by atoms with Crippen LogP contribution in [0.2, 0.25) is 0 Å². The number of rotatable bonds is 5. The Hall–Kier alpha value is -1.82. The van der Waals surface area contributed by atoms with E-state index in [1.165, 1.54) is 0 Å². The van der Waals surface area contributed by atoms with Gasteiger partial charge in [-0.1, -0.05) is 12.2 Å². The van der Waals surface area contributed by atoms with Gasteiger partial charge in [0.1, 0.15) is 0 Å². The molecule has 0 aromatic heterocycles. The third-order valence-electron chi connectivity index (χ3n) is 2.77. The van der Waals surface area contributed by atoms with Crippen LogP contribution < -0.4 is 9.62 Å². The Morgan fingerprint density at radius 3 is 2.30 bits per heavy atom. The second-order valence-corrected chi connectivity index (χ2v) is 6.42. The first-order valence-corrected chi connectivity index (χ1v) is 7.82. The van der Waals surface area contributed by atoms with Crippen LogP contribution in [0, 0.1) is 0 Å². The van der Waals surface area contributed by atoms with Crippen LogP contribution in [-0.2, 0) is 10.0 Å². The second-order valence-electron chi connectivity index (χ2n) is 4.69. The summed E-state index contributed by atoms with van der Waals surface area (Å²) >= 11 is 0. The normalized spacial score (nSPS) is 12.1. The Kier molecular flexibility index (Phi) is 5.33. The Morgan fingerprint density at radius 1 is 1.30 bits per heavy atom. The summed E-state index contributed by atoms with van der Waals surface area (Å²) < 4.78 is 26.1. The van der Waals surface area contributed by atoms with Gasteiger partial charge in [-0.15, -0.1) is 0 Å². The quantitative estimate of drug-likeness (QED) is 0.516. The lowest BCUT2D eigenvalue weighted by molar-refractivity contribution is 0.603. The van der Waals surface area contributed by atoms with E-state index in [1.807, 2.05) is 31.0 Å². The number of anilines is 2. The predicted octanol–water partition coefficient (Wildman–Crippen LogP) is 2.49. The number of sulfonamides is 1. The zero-order chi connectivity index (χ0) is 15.3. The number of hydrogen-bond donors (Lipinski definition) is 1. The van der Waals surface area contributed by atoms with Crippen LogP contribution in [0.1, 0.15) is 13.8 Å². The molecule has 0 atom stereocenters. The first-order valence-electron chi connectivity index (χ1n) is 6.17. The highest BCUT2D eigenvalue weighted by molar-refractivity contribution is 7.92. The van der Waals surface area contributed by atoms with Crippen molar-refractivity contribution >= 4 is 27.2 Å². The lowest BCUT2D eigenvalue weighted by Gasteiger charge is -2.18. The lowest BCUT2D eigenvalue weighted by Crippen LogP contribution is -2.23. The van der Waals surface area contributed by atoms with Gasteiger partial charge >= 0.3 is 0 Å². The molecule has 0 radical (unpaired) electrons. The van der Waals surface area contributed by atoms with Crippen molar-refractivity contribution in [1.29, 1.82) is 0 Å². The first-order chi connectivity index (χ1) is 9.25. The summed E-state index contributed by atoms with van der Waals surface area (Å²) in [6, 6.07) is 7.14. The maximum Gasteiger partial charge on any atom is 0.236 e. The van der Waals surface area contributed by atoms with Gasteiger partial charge in [0.15, 0.2) is 0 Å². The van der Waals surface area contributed by atoms with E-state index in [0.717, 1.165) is 11.5 Å². The molecular weight excluding hydrogens is 274 g/mol. The zero-order valence-electron chi connectivity index (χ0n) is 12.3. The van der Waals surface area contributed by atoms with Gasteiger partial charge in [-0.3, -0.25) is 9.71 Å². The first kappa shape index (κ1) is 16.2. The third-order valence-corrected chi connectivity index (χ3v) is 4.19. The molecule has 0 fully saturated rings. The molecule has 0 heterocycles. The Bertz CT molecular complexity index is 604. The molecule has 0 bridgehead atoms. The maximum absolute atomic E-state index is 11.8. The fraction of sp³-hybridized carbons (Fsp3) is 0.357. The largest absolute Gasteiger partial charge is 0.334 e. The van der Waals surface area contributed by atoms with E-state index in [1.54, 1.807) is 26.1 Å². The van der Waals surface area contributed by atoms with Gasteiger partial charge in [-0.2, -0.15) is 0 Å². The molecule has 1 N–H and O–H groups in total. The molecule has 1 rings (SSSR count). The van der Waals surface area contributed by atoms with Crippen LogP contribution >= 0.6 is 0 Å². The maximum atomic E-state index is 11.8. The zero-order valence-corrected chi connectivity index (χ0v) is 13.2. The van der Waals surface area contributed by atoms with Crippen LogP contribution in [0.15, 0.2) is 41.4 Å². The highest BCUT2D eigenvalue weighted by Crippen LogP contribution is 2.18. The van der Waals surface area contributed by atoms with Crippen molar-refractivity contribution in [1.82, 2.24) is 0 Å². The topological polar surface area (TPSA) is 61.8 Å². The molecule has 20 heavy (non-hydrogen) atoms. The molecule has 0 spiro atoms. The molecule has 0 unspecified atom stereocenters. The molecule has 0 saturated carbocycles. The molecule has 0 aliphatic carbocycles. The van der Waals surface area contributed by atoms with Crippen molar-refractivity contribution in [2.24, 2.45) is 4.99 Å². The number of aliphatic imine (C=N–C) groups is 1. The summed E-state index contributed by atoms with van der Waals surface area (Å²) in [5.74, 6) is 0.802. The highest BCUT2D eigenvalue weighted by atomic mass is 32.2. The summed E-state index contributed by atoms with van der Waals surface area (Å²) in [6.45, 7) is 7.20. The van der Waals surface area contributed by atoms with Crippen LogP contribution in [0.25, 0.3) is 0 Å². The number of nitrogens with zero attached hydrogens (tertiary/aromatic N) is 2. The molecule has 0 saturated heterocycles. The van der Waals surface area contributed by atoms with Crippen molar-refractivity contribution in [3.63, 3.8) is 0 Å². The summed E-state index contributed by atoms with van der Waals surface area (Å²) in [4.78, 5) is 6.02. The van der Waals surface area contributed by atoms with Crippen molar-refractivity contribution in [3.8, 4) is 0 Å². The molecule has 110 valence electrons. The fourth-order valence-electron chi connectivity index (χ4n) is 1.63. The molecule has 1 aromatic rings. The van der Waals surface area contributed by atoms with Crippen LogP contribution in [0.5, 0.6) is 0 Å². The van der Waals surface area contributed by atoms with Crippen molar-refractivity contribution in [2.75, 3.05) is 29.5 Å². The monoisotopic (exact) mass is 295 g/mol. The van der Waals surface area contributed by atoms with E-state index in [2.05, 4.69) is 16.3 Å². The smallest absolute Gasteiger partial charge is 0.236 e. The van der Waals surface area contributed by atoms with E-state index in [4.69, 9.17) is 0 Å². The Morgan fingerprint density at radius 2 is 1.85 bits per heavy atom. The lowest BCUT2D eigenvalue weighted by atomic mass is 10.2.